The summed E-state index contributed by atoms with van der Waals surface area (Å²) in [5.41, 5.74) is 2.49. The van der Waals surface area contributed by atoms with Gasteiger partial charge in [-0.25, -0.2) is 4.39 Å². The second kappa shape index (κ2) is 4.30. The van der Waals surface area contributed by atoms with Crippen LogP contribution in [-0.4, -0.2) is 21.7 Å². The molecule has 2 N–H and O–H groups in total. The third kappa shape index (κ3) is 1.88. The minimum atomic E-state index is -0.340. The highest BCUT2D eigenvalue weighted by Crippen LogP contribution is 2.23. The van der Waals surface area contributed by atoms with E-state index in [0.717, 1.165) is 23.6 Å². The number of aromatic amines is 1. The molecule has 2 aromatic rings. The number of aromatic nitrogens is 3. The molecule has 0 atom stereocenters. The van der Waals surface area contributed by atoms with E-state index in [9.17, 15) is 4.39 Å². The normalized spacial score (nSPS) is 10.4. The van der Waals surface area contributed by atoms with Crippen molar-refractivity contribution in [3.63, 3.8) is 0 Å². The van der Waals surface area contributed by atoms with Crippen molar-refractivity contribution in [3.05, 3.63) is 29.7 Å². The summed E-state index contributed by atoms with van der Waals surface area (Å²) in [6, 6.07) is 3.01. The van der Waals surface area contributed by atoms with Crippen molar-refractivity contribution >= 4 is 5.82 Å². The molecule has 0 unspecified atom stereocenters. The smallest absolute Gasteiger partial charge is 0.151 e. The molecule has 0 aliphatic carbocycles. The minimum Gasteiger partial charge on any atom is -0.369 e. The molecule has 0 saturated carbocycles. The number of hydrogen-bond donors (Lipinski definition) is 2. The Balaban J connectivity index is 2.37. The Hall–Kier alpha value is -1.91. The van der Waals surface area contributed by atoms with Crippen LogP contribution in [-0.2, 0) is 0 Å². The van der Waals surface area contributed by atoms with Gasteiger partial charge in [0.25, 0.3) is 0 Å². The highest BCUT2D eigenvalue weighted by Gasteiger charge is 2.10. The lowest BCUT2D eigenvalue weighted by atomic mass is 10.2. The zero-order valence-corrected chi connectivity index (χ0v) is 9.21. The van der Waals surface area contributed by atoms with Crippen LogP contribution in [0.5, 0.6) is 0 Å². The van der Waals surface area contributed by atoms with Gasteiger partial charge in [-0.2, -0.15) is 5.10 Å². The van der Waals surface area contributed by atoms with Crippen molar-refractivity contribution in [2.24, 2.45) is 0 Å². The van der Waals surface area contributed by atoms with Crippen molar-refractivity contribution in [1.82, 2.24) is 15.2 Å². The van der Waals surface area contributed by atoms with Crippen molar-refractivity contribution in [3.8, 4) is 11.4 Å². The third-order valence-corrected chi connectivity index (χ3v) is 2.34. The van der Waals surface area contributed by atoms with Crippen LogP contribution in [0, 0.1) is 12.7 Å². The summed E-state index contributed by atoms with van der Waals surface area (Å²) in [7, 11) is 0. The molecule has 0 saturated heterocycles. The molecule has 5 heteroatoms. The SMILES string of the molecule is CCNc1n[nH]c(-c2ccc(F)cn2)c1C. The van der Waals surface area contributed by atoms with E-state index in [2.05, 4.69) is 20.5 Å². The highest BCUT2D eigenvalue weighted by atomic mass is 19.1. The number of H-pyrrole nitrogens is 1. The molecule has 0 aliphatic heterocycles. The molecule has 16 heavy (non-hydrogen) atoms. The maximum Gasteiger partial charge on any atom is 0.151 e. The van der Waals surface area contributed by atoms with Gasteiger partial charge in [-0.15, -0.1) is 0 Å². The van der Waals surface area contributed by atoms with Crippen LogP contribution >= 0.6 is 0 Å². The van der Waals surface area contributed by atoms with E-state index in [4.69, 9.17) is 0 Å². The van der Waals surface area contributed by atoms with Gasteiger partial charge in [-0.05, 0) is 26.0 Å². The van der Waals surface area contributed by atoms with Crippen LogP contribution in [0.1, 0.15) is 12.5 Å². The van der Waals surface area contributed by atoms with Gasteiger partial charge in [0.1, 0.15) is 5.82 Å². The largest absolute Gasteiger partial charge is 0.369 e. The zero-order valence-electron chi connectivity index (χ0n) is 9.21. The first-order chi connectivity index (χ1) is 7.72. The first-order valence-corrected chi connectivity index (χ1v) is 5.13. The standard InChI is InChI=1S/C11H13FN4/c1-3-13-11-7(2)10(15-16-11)9-5-4-8(12)6-14-9/h4-6H,3H2,1-2H3,(H2,13,15,16). The first-order valence-electron chi connectivity index (χ1n) is 5.13. The van der Waals surface area contributed by atoms with Crippen molar-refractivity contribution in [2.45, 2.75) is 13.8 Å². The lowest BCUT2D eigenvalue weighted by Gasteiger charge is -2.00. The van der Waals surface area contributed by atoms with Crippen molar-refractivity contribution in [1.29, 1.82) is 0 Å². The third-order valence-electron chi connectivity index (χ3n) is 2.34. The van der Waals surface area contributed by atoms with E-state index >= 15 is 0 Å². The number of pyridine rings is 1. The van der Waals surface area contributed by atoms with Gasteiger partial charge in [0, 0.05) is 12.1 Å². The van der Waals surface area contributed by atoms with Crippen molar-refractivity contribution in [2.75, 3.05) is 11.9 Å². The fourth-order valence-corrected chi connectivity index (χ4v) is 1.51. The van der Waals surface area contributed by atoms with Gasteiger partial charge in [0.2, 0.25) is 0 Å². The second-order valence-corrected chi connectivity index (χ2v) is 3.46. The maximum atomic E-state index is 12.7. The quantitative estimate of drug-likeness (QED) is 0.834. The molecule has 0 aliphatic rings. The molecular weight excluding hydrogens is 207 g/mol. The number of halogens is 1. The molecule has 4 nitrogen and oxygen atoms in total. The summed E-state index contributed by atoms with van der Waals surface area (Å²) < 4.78 is 12.7. The molecule has 0 spiro atoms. The number of hydrogen-bond acceptors (Lipinski definition) is 3. The molecule has 2 heterocycles. The van der Waals surface area contributed by atoms with Gasteiger partial charge in [-0.1, -0.05) is 0 Å². The predicted molar refractivity (Wildman–Crippen MR) is 60.7 cm³/mol. The van der Waals surface area contributed by atoms with Crippen LogP contribution in [0.3, 0.4) is 0 Å². The lowest BCUT2D eigenvalue weighted by molar-refractivity contribution is 0.622. The molecule has 0 aromatic carbocycles. The average molecular weight is 220 g/mol. The molecule has 0 bridgehead atoms. The first kappa shape index (κ1) is 10.6. The maximum absolute atomic E-state index is 12.7. The monoisotopic (exact) mass is 220 g/mol. The van der Waals surface area contributed by atoms with Gasteiger partial charge >= 0.3 is 0 Å². The highest BCUT2D eigenvalue weighted by molar-refractivity contribution is 5.65. The molecule has 84 valence electrons. The van der Waals surface area contributed by atoms with Crippen molar-refractivity contribution < 1.29 is 4.39 Å². The van der Waals surface area contributed by atoms with Crippen LogP contribution in [0.4, 0.5) is 10.2 Å². The van der Waals surface area contributed by atoms with Gasteiger partial charge < -0.3 is 5.32 Å². The number of anilines is 1. The predicted octanol–water partition coefficient (Wildman–Crippen LogP) is 2.35. The number of nitrogens with one attached hydrogen (secondary N) is 2. The molecular formula is C11H13FN4. The van der Waals surface area contributed by atoms with E-state index in [1.165, 1.54) is 12.3 Å². The Bertz CT molecular complexity index is 475. The van der Waals surface area contributed by atoms with E-state index in [0.29, 0.717) is 5.69 Å². The van der Waals surface area contributed by atoms with Crippen LogP contribution in [0.2, 0.25) is 0 Å². The minimum absolute atomic E-state index is 0.340. The van der Waals surface area contributed by atoms with Crippen LogP contribution in [0.15, 0.2) is 18.3 Å². The lowest BCUT2D eigenvalue weighted by Crippen LogP contribution is -1.98. The van der Waals surface area contributed by atoms with E-state index in [1.54, 1.807) is 6.07 Å². The van der Waals surface area contributed by atoms with Crippen LogP contribution < -0.4 is 5.32 Å². The van der Waals surface area contributed by atoms with E-state index < -0.39 is 0 Å². The topological polar surface area (TPSA) is 53.6 Å². The summed E-state index contributed by atoms with van der Waals surface area (Å²) in [4.78, 5) is 4.01. The fraction of sp³-hybridized carbons (Fsp3) is 0.273. The average Bonchev–Trinajstić information content (AvgIpc) is 2.63. The van der Waals surface area contributed by atoms with E-state index in [1.807, 2.05) is 13.8 Å². The van der Waals surface area contributed by atoms with E-state index in [-0.39, 0.29) is 5.82 Å². The summed E-state index contributed by atoms with van der Waals surface area (Å²) in [5.74, 6) is 0.469. The summed E-state index contributed by atoms with van der Waals surface area (Å²) in [6.07, 6.45) is 1.20. The number of nitrogens with zero attached hydrogens (tertiary/aromatic N) is 2. The second-order valence-electron chi connectivity index (χ2n) is 3.46. The molecule has 0 amide bonds. The molecule has 0 radical (unpaired) electrons. The molecule has 2 rings (SSSR count). The summed E-state index contributed by atoms with van der Waals surface area (Å²) >= 11 is 0. The molecule has 2 aromatic heterocycles. The Morgan fingerprint density at radius 2 is 2.25 bits per heavy atom. The number of rotatable bonds is 3. The van der Waals surface area contributed by atoms with Gasteiger partial charge in [-0.3, -0.25) is 10.1 Å². The van der Waals surface area contributed by atoms with Crippen LogP contribution in [0.25, 0.3) is 11.4 Å². The Labute approximate surface area is 92.9 Å². The van der Waals surface area contributed by atoms with Gasteiger partial charge in [0.05, 0.1) is 17.6 Å². The fourth-order valence-electron chi connectivity index (χ4n) is 1.51. The Morgan fingerprint density at radius 1 is 1.44 bits per heavy atom. The van der Waals surface area contributed by atoms with Gasteiger partial charge in [0.15, 0.2) is 5.82 Å². The summed E-state index contributed by atoms with van der Waals surface area (Å²) in [5, 5.41) is 10.2. The zero-order chi connectivity index (χ0) is 11.5. The summed E-state index contributed by atoms with van der Waals surface area (Å²) in [6.45, 7) is 4.76. The Morgan fingerprint density at radius 3 is 2.88 bits per heavy atom. The molecule has 0 fully saturated rings. The Kier molecular flexibility index (Phi) is 2.85.